The molecule has 11 heteroatoms. The number of rotatable bonds is 4. The number of halogens is 6. The number of nitrogens with zero attached hydrogens (tertiary/aromatic N) is 2. The molecule has 0 bridgehead atoms. The van der Waals surface area contributed by atoms with E-state index in [2.05, 4.69) is 15.7 Å². The summed E-state index contributed by atoms with van der Waals surface area (Å²) in [5.41, 5.74) is -3.16. The summed E-state index contributed by atoms with van der Waals surface area (Å²) in [5, 5.41) is 8.00. The highest BCUT2D eigenvalue weighted by Crippen LogP contribution is 2.36. The Balaban J connectivity index is 2.31. The van der Waals surface area contributed by atoms with Crippen LogP contribution in [0.4, 0.5) is 36.8 Å². The Hall–Kier alpha value is -2.72. The topological polar surface area (TPSA) is 59.0 Å². The van der Waals surface area contributed by atoms with Crippen LogP contribution in [-0.4, -0.2) is 22.4 Å². The molecule has 5 nitrogen and oxygen atoms in total. The molecule has 0 radical (unpaired) electrons. The summed E-state index contributed by atoms with van der Waals surface area (Å²) in [4.78, 5) is 11.5. The quantitative estimate of drug-likeness (QED) is 0.771. The minimum Gasteiger partial charge on any atom is -0.338 e. The molecule has 1 aromatic heterocycles. The Morgan fingerprint density at radius 1 is 1.08 bits per heavy atom. The van der Waals surface area contributed by atoms with Crippen molar-refractivity contribution in [1.29, 1.82) is 0 Å². The Bertz CT molecular complexity index is 764. The average molecular weight is 380 g/mol. The van der Waals surface area contributed by atoms with E-state index in [9.17, 15) is 31.1 Å². The summed E-state index contributed by atoms with van der Waals surface area (Å²) >= 11 is 0. The maximum atomic E-state index is 13.0. The molecule has 26 heavy (non-hydrogen) atoms. The largest absolute Gasteiger partial charge is 0.435 e. The van der Waals surface area contributed by atoms with Gasteiger partial charge in [-0.15, -0.1) is 0 Å². The van der Waals surface area contributed by atoms with Gasteiger partial charge in [-0.3, -0.25) is 0 Å². The number of alkyl halides is 6. The van der Waals surface area contributed by atoms with Gasteiger partial charge < -0.3 is 10.6 Å². The van der Waals surface area contributed by atoms with Gasteiger partial charge in [-0.05, 0) is 30.7 Å². The van der Waals surface area contributed by atoms with Crippen LogP contribution in [0.1, 0.15) is 24.7 Å². The lowest BCUT2D eigenvalue weighted by Crippen LogP contribution is -2.29. The number of benzene rings is 1. The van der Waals surface area contributed by atoms with E-state index in [1.165, 1.54) is 12.1 Å². The van der Waals surface area contributed by atoms with E-state index in [4.69, 9.17) is 0 Å². The molecule has 2 aromatic rings. The molecular formula is C15H14F6N4O. The summed E-state index contributed by atoms with van der Waals surface area (Å²) in [7, 11) is 0. The van der Waals surface area contributed by atoms with Crippen molar-refractivity contribution in [3.8, 4) is 5.69 Å². The highest BCUT2D eigenvalue weighted by atomic mass is 19.4. The van der Waals surface area contributed by atoms with Gasteiger partial charge in [0.1, 0.15) is 5.69 Å². The lowest BCUT2D eigenvalue weighted by Gasteiger charge is -2.11. The Morgan fingerprint density at radius 3 is 2.19 bits per heavy atom. The molecule has 1 heterocycles. The van der Waals surface area contributed by atoms with Crippen LogP contribution in [0.15, 0.2) is 30.3 Å². The molecule has 0 aliphatic rings. The van der Waals surface area contributed by atoms with Crippen molar-refractivity contribution in [2.45, 2.75) is 25.7 Å². The molecule has 0 atom stereocenters. The van der Waals surface area contributed by atoms with Crippen LogP contribution in [0.2, 0.25) is 0 Å². The van der Waals surface area contributed by atoms with Crippen molar-refractivity contribution >= 4 is 11.7 Å². The zero-order chi connectivity index (χ0) is 19.5. The minimum atomic E-state index is -5.02. The van der Waals surface area contributed by atoms with E-state index in [0.717, 1.165) is 12.1 Å². The van der Waals surface area contributed by atoms with Crippen LogP contribution < -0.4 is 10.6 Å². The van der Waals surface area contributed by atoms with Crippen molar-refractivity contribution in [3.63, 3.8) is 0 Å². The first-order chi connectivity index (χ1) is 12.0. The smallest absolute Gasteiger partial charge is 0.338 e. The highest BCUT2D eigenvalue weighted by molar-refractivity contribution is 5.89. The first kappa shape index (κ1) is 19.6. The molecule has 0 fully saturated rings. The van der Waals surface area contributed by atoms with E-state index in [-0.39, 0.29) is 22.1 Å². The highest BCUT2D eigenvalue weighted by Gasteiger charge is 2.42. The number of carbonyl (C=O) groups is 1. The Labute approximate surface area is 144 Å². The monoisotopic (exact) mass is 380 g/mol. The van der Waals surface area contributed by atoms with Crippen molar-refractivity contribution < 1.29 is 31.1 Å². The summed E-state index contributed by atoms with van der Waals surface area (Å²) in [6, 6.07) is 4.21. The van der Waals surface area contributed by atoms with Crippen LogP contribution in [-0.2, 0) is 12.4 Å². The number of aromatic nitrogens is 2. The SMILES string of the molecule is CCCNC(=O)Nc1ccc(-n2nc(C(F)(F)F)cc2C(F)(F)F)cc1. The number of nitrogens with one attached hydrogen (secondary N) is 2. The van der Waals surface area contributed by atoms with Gasteiger partial charge in [0.2, 0.25) is 0 Å². The second kappa shape index (κ2) is 7.26. The fourth-order valence-electron chi connectivity index (χ4n) is 2.02. The van der Waals surface area contributed by atoms with Gasteiger partial charge in [-0.25, -0.2) is 9.48 Å². The molecule has 2 amide bonds. The maximum absolute atomic E-state index is 13.0. The molecule has 0 spiro atoms. The third-order valence-electron chi connectivity index (χ3n) is 3.20. The zero-order valence-electron chi connectivity index (χ0n) is 13.4. The number of hydrogen-bond donors (Lipinski definition) is 2. The summed E-state index contributed by atoms with van der Waals surface area (Å²) < 4.78 is 77.3. The van der Waals surface area contributed by atoms with Crippen molar-refractivity contribution in [2.75, 3.05) is 11.9 Å². The first-order valence-corrected chi connectivity index (χ1v) is 7.42. The molecule has 2 N–H and O–H groups in total. The number of carbonyl (C=O) groups excluding carboxylic acids is 1. The molecule has 0 saturated carbocycles. The standard InChI is InChI=1S/C15H14F6N4O/c1-2-7-22-13(26)23-9-3-5-10(6-4-9)25-12(15(19,20)21)8-11(24-25)14(16,17)18/h3-6,8H,2,7H2,1H3,(H2,22,23,26). The van der Waals surface area contributed by atoms with E-state index >= 15 is 0 Å². The van der Waals surface area contributed by atoms with E-state index in [0.29, 0.717) is 13.0 Å². The number of urea groups is 1. The number of anilines is 1. The Kier molecular flexibility index (Phi) is 5.47. The van der Waals surface area contributed by atoms with Crippen LogP contribution in [0.5, 0.6) is 0 Å². The second-order valence-corrected chi connectivity index (χ2v) is 5.25. The van der Waals surface area contributed by atoms with E-state index in [1.807, 2.05) is 6.92 Å². The predicted molar refractivity (Wildman–Crippen MR) is 80.9 cm³/mol. The zero-order valence-corrected chi connectivity index (χ0v) is 13.4. The third-order valence-corrected chi connectivity index (χ3v) is 3.20. The Morgan fingerprint density at radius 2 is 1.69 bits per heavy atom. The molecule has 0 aliphatic carbocycles. The summed E-state index contributed by atoms with van der Waals surface area (Å²) in [6.07, 6.45) is -9.31. The normalized spacial score (nSPS) is 12.1. The molecule has 2 rings (SSSR count). The van der Waals surface area contributed by atoms with Crippen LogP contribution in [0.3, 0.4) is 0 Å². The molecule has 0 aliphatic heterocycles. The predicted octanol–water partition coefficient (Wildman–Crippen LogP) is 4.44. The molecule has 1 aromatic carbocycles. The van der Waals surface area contributed by atoms with Gasteiger partial charge in [-0.2, -0.15) is 31.4 Å². The fourth-order valence-corrected chi connectivity index (χ4v) is 2.02. The fraction of sp³-hybridized carbons (Fsp3) is 0.333. The van der Waals surface area contributed by atoms with Gasteiger partial charge in [0.15, 0.2) is 5.69 Å². The van der Waals surface area contributed by atoms with Crippen molar-refractivity contribution in [1.82, 2.24) is 15.1 Å². The lowest BCUT2D eigenvalue weighted by atomic mass is 10.2. The van der Waals surface area contributed by atoms with Crippen LogP contribution in [0.25, 0.3) is 5.69 Å². The number of hydrogen-bond acceptors (Lipinski definition) is 2. The minimum absolute atomic E-state index is 0.0512. The summed E-state index contributed by atoms with van der Waals surface area (Å²) in [5.74, 6) is 0. The van der Waals surface area contributed by atoms with Gasteiger partial charge in [0.25, 0.3) is 0 Å². The van der Waals surface area contributed by atoms with Gasteiger partial charge in [0.05, 0.1) is 5.69 Å². The van der Waals surface area contributed by atoms with Crippen LogP contribution >= 0.6 is 0 Å². The van der Waals surface area contributed by atoms with Crippen molar-refractivity contribution in [3.05, 3.63) is 41.7 Å². The molecular weight excluding hydrogens is 366 g/mol. The van der Waals surface area contributed by atoms with Crippen molar-refractivity contribution in [2.24, 2.45) is 0 Å². The van der Waals surface area contributed by atoms with Gasteiger partial charge >= 0.3 is 18.4 Å². The average Bonchev–Trinajstić information content (AvgIpc) is 2.99. The van der Waals surface area contributed by atoms with Crippen LogP contribution in [0, 0.1) is 0 Å². The van der Waals surface area contributed by atoms with Gasteiger partial charge in [-0.1, -0.05) is 6.92 Å². The third kappa shape index (κ3) is 4.67. The lowest BCUT2D eigenvalue weighted by molar-refractivity contribution is -0.143. The molecule has 142 valence electrons. The first-order valence-electron chi connectivity index (χ1n) is 7.42. The maximum Gasteiger partial charge on any atom is 0.435 e. The van der Waals surface area contributed by atoms with Gasteiger partial charge in [0, 0.05) is 18.3 Å². The molecule has 0 saturated heterocycles. The second-order valence-electron chi connectivity index (χ2n) is 5.25. The number of amides is 2. The molecule has 0 unspecified atom stereocenters. The van der Waals surface area contributed by atoms with E-state index in [1.54, 1.807) is 0 Å². The van der Waals surface area contributed by atoms with E-state index < -0.39 is 29.8 Å². The summed E-state index contributed by atoms with van der Waals surface area (Å²) in [6.45, 7) is 2.29.